The lowest BCUT2D eigenvalue weighted by atomic mass is 9.64. The van der Waals surface area contributed by atoms with Crippen LogP contribution in [0.15, 0.2) is 78.9 Å². The van der Waals surface area contributed by atoms with Crippen molar-refractivity contribution in [1.29, 1.82) is 0 Å². The van der Waals surface area contributed by atoms with Crippen LogP contribution in [-0.4, -0.2) is 30.9 Å². The van der Waals surface area contributed by atoms with E-state index < -0.39 is 5.41 Å². The van der Waals surface area contributed by atoms with Gasteiger partial charge in [0.15, 0.2) is 5.78 Å². The minimum absolute atomic E-state index is 0.322. The van der Waals surface area contributed by atoms with Crippen molar-refractivity contribution in [1.82, 2.24) is 4.90 Å². The molecule has 1 heterocycles. The van der Waals surface area contributed by atoms with Crippen LogP contribution >= 0.6 is 0 Å². The van der Waals surface area contributed by atoms with E-state index in [9.17, 15) is 4.79 Å². The van der Waals surface area contributed by atoms with Gasteiger partial charge in [-0.25, -0.2) is 0 Å². The maximum atomic E-state index is 13.8. The molecule has 1 aliphatic carbocycles. The maximum absolute atomic E-state index is 13.8. The summed E-state index contributed by atoms with van der Waals surface area (Å²) in [4.78, 5) is 16.3. The number of ether oxygens (including phenoxy) is 1. The molecule has 0 N–H and O–H groups in total. The molecule has 1 unspecified atom stereocenters. The topological polar surface area (TPSA) is 29.5 Å². The van der Waals surface area contributed by atoms with E-state index in [2.05, 4.69) is 53.4 Å². The second kappa shape index (κ2) is 8.32. The predicted molar refractivity (Wildman–Crippen MR) is 124 cm³/mol. The largest absolute Gasteiger partial charge is 0.497 e. The Labute approximate surface area is 184 Å². The highest BCUT2D eigenvalue weighted by molar-refractivity contribution is 6.08. The standard InChI is InChI=1S/C28H29NO2/c1-31-25-13-11-21(12-14-25)20-29-17-15-24(16-18-29)28(23-8-3-2-4-9-23)19-22-7-5-6-10-26(22)27(28)30/h2-14,24H,15-20H2,1H3. The summed E-state index contributed by atoms with van der Waals surface area (Å²) in [7, 11) is 1.70. The van der Waals surface area contributed by atoms with Crippen molar-refractivity contribution < 1.29 is 9.53 Å². The first kappa shape index (κ1) is 20.0. The zero-order chi connectivity index (χ0) is 21.3. The van der Waals surface area contributed by atoms with Crippen molar-refractivity contribution in [3.05, 3.63) is 101 Å². The van der Waals surface area contributed by atoms with E-state index in [0.717, 1.165) is 50.2 Å². The lowest BCUT2D eigenvalue weighted by Crippen LogP contribution is -2.47. The Morgan fingerprint density at radius 2 is 1.58 bits per heavy atom. The van der Waals surface area contributed by atoms with E-state index in [0.29, 0.717) is 11.7 Å². The molecule has 0 bridgehead atoms. The van der Waals surface area contributed by atoms with Crippen molar-refractivity contribution in [3.63, 3.8) is 0 Å². The third-order valence-corrected chi connectivity index (χ3v) is 7.28. The highest BCUT2D eigenvalue weighted by Crippen LogP contribution is 2.48. The molecule has 31 heavy (non-hydrogen) atoms. The fraction of sp³-hybridized carbons (Fsp3) is 0.321. The third kappa shape index (κ3) is 3.57. The van der Waals surface area contributed by atoms with Gasteiger partial charge in [0.25, 0.3) is 0 Å². The van der Waals surface area contributed by atoms with Crippen molar-refractivity contribution in [2.75, 3.05) is 20.2 Å². The number of carbonyl (C=O) groups is 1. The second-order valence-electron chi connectivity index (χ2n) is 8.90. The van der Waals surface area contributed by atoms with Gasteiger partial charge in [-0.3, -0.25) is 9.69 Å². The predicted octanol–water partition coefficient (Wildman–Crippen LogP) is 5.28. The quantitative estimate of drug-likeness (QED) is 0.572. The summed E-state index contributed by atoms with van der Waals surface area (Å²) >= 11 is 0. The summed E-state index contributed by atoms with van der Waals surface area (Å²) in [5.74, 6) is 1.58. The molecular weight excluding hydrogens is 382 g/mol. The molecule has 0 aromatic heterocycles. The monoisotopic (exact) mass is 411 g/mol. The van der Waals surface area contributed by atoms with E-state index >= 15 is 0 Å². The van der Waals surface area contributed by atoms with E-state index in [1.54, 1.807) is 7.11 Å². The number of ketones is 1. The van der Waals surface area contributed by atoms with Gasteiger partial charge in [0.05, 0.1) is 12.5 Å². The average Bonchev–Trinajstić information content (AvgIpc) is 3.14. The summed E-state index contributed by atoms with van der Waals surface area (Å²) in [6, 6.07) is 27.1. The van der Waals surface area contributed by atoms with Crippen LogP contribution in [0.5, 0.6) is 5.75 Å². The summed E-state index contributed by atoms with van der Waals surface area (Å²) < 4.78 is 5.27. The molecule has 0 saturated carbocycles. The number of carbonyl (C=O) groups excluding carboxylic acids is 1. The van der Waals surface area contributed by atoms with Crippen molar-refractivity contribution in [2.45, 2.75) is 31.2 Å². The van der Waals surface area contributed by atoms with Gasteiger partial charge in [-0.2, -0.15) is 0 Å². The molecule has 1 saturated heterocycles. The number of rotatable bonds is 5. The SMILES string of the molecule is COc1ccc(CN2CCC(C3(c4ccccc4)Cc4ccccc4C3=O)CC2)cc1. The second-order valence-corrected chi connectivity index (χ2v) is 8.90. The highest BCUT2D eigenvalue weighted by atomic mass is 16.5. The fourth-order valence-electron chi connectivity index (χ4n) is 5.62. The normalized spacial score (nSPS) is 21.8. The first-order chi connectivity index (χ1) is 15.2. The van der Waals surface area contributed by atoms with Crippen LogP contribution in [0.3, 0.4) is 0 Å². The smallest absolute Gasteiger partial charge is 0.174 e. The summed E-state index contributed by atoms with van der Waals surface area (Å²) in [6.07, 6.45) is 2.92. The summed E-state index contributed by atoms with van der Waals surface area (Å²) in [6.45, 7) is 2.99. The van der Waals surface area contributed by atoms with Crippen molar-refractivity contribution in [3.8, 4) is 5.75 Å². The minimum atomic E-state index is -0.419. The Morgan fingerprint density at radius 1 is 0.903 bits per heavy atom. The number of Topliss-reactive ketones (excluding diaryl/α,β-unsaturated/α-hetero) is 1. The molecule has 2 aliphatic rings. The molecule has 0 radical (unpaired) electrons. The fourth-order valence-corrected chi connectivity index (χ4v) is 5.62. The molecule has 3 nitrogen and oxygen atoms in total. The van der Waals surface area contributed by atoms with E-state index in [1.165, 1.54) is 16.7 Å². The molecule has 0 amide bonds. The zero-order valence-electron chi connectivity index (χ0n) is 18.1. The van der Waals surface area contributed by atoms with Gasteiger partial charge in [0, 0.05) is 12.1 Å². The molecule has 3 heteroatoms. The Bertz CT molecular complexity index is 1050. The molecule has 1 atom stereocenters. The van der Waals surface area contributed by atoms with Gasteiger partial charge in [-0.1, -0.05) is 66.7 Å². The summed E-state index contributed by atoms with van der Waals surface area (Å²) in [5, 5.41) is 0. The van der Waals surface area contributed by atoms with E-state index in [1.807, 2.05) is 30.3 Å². The molecule has 1 aliphatic heterocycles. The Balaban J connectivity index is 1.37. The number of hydrogen-bond acceptors (Lipinski definition) is 3. The average molecular weight is 412 g/mol. The number of nitrogens with zero attached hydrogens (tertiary/aromatic N) is 1. The highest BCUT2D eigenvalue weighted by Gasteiger charge is 2.52. The van der Waals surface area contributed by atoms with Crippen LogP contribution in [0.25, 0.3) is 0 Å². The molecular formula is C28H29NO2. The van der Waals surface area contributed by atoms with Crippen molar-refractivity contribution >= 4 is 5.78 Å². The first-order valence-corrected chi connectivity index (χ1v) is 11.2. The first-order valence-electron chi connectivity index (χ1n) is 11.2. The van der Waals surface area contributed by atoms with Gasteiger partial charge < -0.3 is 4.74 Å². The van der Waals surface area contributed by atoms with Crippen LogP contribution in [0, 0.1) is 5.92 Å². The Morgan fingerprint density at radius 3 is 2.26 bits per heavy atom. The van der Waals surface area contributed by atoms with Gasteiger partial charge in [-0.05, 0) is 67.1 Å². The molecule has 158 valence electrons. The number of likely N-dealkylation sites (tertiary alicyclic amines) is 1. The number of fused-ring (bicyclic) bond motifs is 1. The molecule has 5 rings (SSSR count). The molecule has 0 spiro atoms. The molecule has 1 fully saturated rings. The molecule has 3 aromatic rings. The molecule has 3 aromatic carbocycles. The van der Waals surface area contributed by atoms with Gasteiger partial charge in [0.2, 0.25) is 0 Å². The number of methoxy groups -OCH3 is 1. The van der Waals surface area contributed by atoms with Gasteiger partial charge >= 0.3 is 0 Å². The van der Waals surface area contributed by atoms with Gasteiger partial charge in [0.1, 0.15) is 5.75 Å². The Kier molecular flexibility index (Phi) is 5.37. The van der Waals surface area contributed by atoms with Crippen LogP contribution < -0.4 is 4.74 Å². The number of piperidine rings is 1. The minimum Gasteiger partial charge on any atom is -0.497 e. The van der Waals surface area contributed by atoms with Crippen LogP contribution in [-0.2, 0) is 18.4 Å². The van der Waals surface area contributed by atoms with Gasteiger partial charge in [-0.15, -0.1) is 0 Å². The van der Waals surface area contributed by atoms with Crippen molar-refractivity contribution in [2.24, 2.45) is 5.92 Å². The van der Waals surface area contributed by atoms with Crippen LogP contribution in [0.4, 0.5) is 0 Å². The summed E-state index contributed by atoms with van der Waals surface area (Å²) in [5.41, 5.74) is 4.20. The lowest BCUT2D eigenvalue weighted by molar-refractivity contribution is 0.0735. The van der Waals surface area contributed by atoms with E-state index in [4.69, 9.17) is 4.74 Å². The third-order valence-electron chi connectivity index (χ3n) is 7.28. The van der Waals surface area contributed by atoms with Crippen LogP contribution in [0.1, 0.15) is 39.9 Å². The zero-order valence-corrected chi connectivity index (χ0v) is 18.1. The number of benzene rings is 3. The van der Waals surface area contributed by atoms with Crippen LogP contribution in [0.2, 0.25) is 0 Å². The maximum Gasteiger partial charge on any atom is 0.174 e. The van der Waals surface area contributed by atoms with E-state index in [-0.39, 0.29) is 0 Å². The Hall–Kier alpha value is -2.91. The lowest BCUT2D eigenvalue weighted by Gasteiger charge is -2.42. The number of hydrogen-bond donors (Lipinski definition) is 0.